The summed E-state index contributed by atoms with van der Waals surface area (Å²) in [7, 11) is 1.49. The number of nitrogens with zero attached hydrogens (tertiary/aromatic N) is 1. The molecule has 0 aromatic heterocycles. The maximum absolute atomic E-state index is 12.9. The van der Waals surface area contributed by atoms with Crippen molar-refractivity contribution in [2.75, 3.05) is 47.5 Å². The minimum atomic E-state index is -4.39. The van der Waals surface area contributed by atoms with Gasteiger partial charge in [0, 0.05) is 12.8 Å². The van der Waals surface area contributed by atoms with E-state index in [1.807, 2.05) is 21.1 Å². The Morgan fingerprint density at radius 1 is 0.356 bits per heavy atom. The number of unbranched alkanes of at least 4 members (excludes halogenated alkanes) is 46. The fourth-order valence-corrected chi connectivity index (χ4v) is 12.1. The van der Waals surface area contributed by atoms with E-state index in [2.05, 4.69) is 86.8 Å². The molecule has 0 amide bonds. The lowest BCUT2D eigenvalue weighted by Gasteiger charge is -2.24. The molecule has 0 fully saturated rings. The van der Waals surface area contributed by atoms with Gasteiger partial charge in [-0.1, -0.05) is 350 Å². The molecule has 0 saturated heterocycles. The maximum atomic E-state index is 12.9. The van der Waals surface area contributed by atoms with Gasteiger partial charge in [-0.3, -0.25) is 18.6 Å². The molecule has 0 aliphatic carbocycles. The first kappa shape index (κ1) is 87.5. The van der Waals surface area contributed by atoms with E-state index in [1.54, 1.807) is 0 Å². The second-order valence-corrected chi connectivity index (χ2v) is 28.8. The van der Waals surface area contributed by atoms with Gasteiger partial charge in [0.1, 0.15) is 19.8 Å². The minimum Gasteiger partial charge on any atom is -0.462 e. The van der Waals surface area contributed by atoms with Crippen LogP contribution in [-0.4, -0.2) is 74.9 Å². The van der Waals surface area contributed by atoms with Crippen molar-refractivity contribution >= 4 is 19.8 Å². The SMILES string of the molecule is CC/C=C\C/C=C\C/C=C\C/C=C\C/C=C\CCCCCCCCCCCCCCCCCCCCCCCCCC(=O)OC(COC(=O)CCCCCCCCCCCCCCCCC/C=C\CCCCCCCCCC)COP(=O)(O)OCC[N+](C)(C)C. The lowest BCUT2D eigenvalue weighted by molar-refractivity contribution is -0.870. The molecule has 0 aliphatic rings. The molecule has 526 valence electrons. The van der Waals surface area contributed by atoms with Gasteiger partial charge in [-0.15, -0.1) is 0 Å². The van der Waals surface area contributed by atoms with Gasteiger partial charge in [-0.05, 0) is 83.5 Å². The Bertz CT molecular complexity index is 1750. The van der Waals surface area contributed by atoms with Crippen molar-refractivity contribution in [3.8, 4) is 0 Å². The normalized spacial score (nSPS) is 13.4. The standard InChI is InChI=1S/C80H148NO8P/c1-6-8-10-12-14-16-18-20-22-24-26-28-30-32-34-35-36-37-38-39-40-41-42-43-44-45-47-49-51-53-55-57-59-61-63-65-67-69-71-73-80(83)89-78(77-88-90(84,85)87-75-74-81(3,4)5)76-86-79(82)72-70-68-66-64-62-60-58-56-54-52-50-48-46-33-31-29-27-25-23-21-19-17-15-13-11-9-7-2/h8,10,14,16,20,22,25-28,32,34,78H,6-7,9,11-13,15,17-19,21,23-24,29-31,33,35-77H2,1-5H3/p+1/b10-8-,16-14-,22-20-,27-25-,28-26-,34-32-. The fraction of sp³-hybridized carbons (Fsp3) is 0.825. The summed E-state index contributed by atoms with van der Waals surface area (Å²) in [6.45, 7) is 4.38. The number of esters is 2. The number of hydrogen-bond acceptors (Lipinski definition) is 7. The number of phosphoric acid groups is 1. The van der Waals surface area contributed by atoms with E-state index >= 15 is 0 Å². The van der Waals surface area contributed by atoms with Gasteiger partial charge in [0.15, 0.2) is 6.10 Å². The highest BCUT2D eigenvalue weighted by atomic mass is 31.2. The average molecular weight is 1280 g/mol. The monoisotopic (exact) mass is 1280 g/mol. The van der Waals surface area contributed by atoms with Crippen LogP contribution in [0.2, 0.25) is 0 Å². The van der Waals surface area contributed by atoms with E-state index in [0.29, 0.717) is 23.9 Å². The molecule has 0 aromatic rings. The van der Waals surface area contributed by atoms with Crippen molar-refractivity contribution in [2.45, 2.75) is 380 Å². The van der Waals surface area contributed by atoms with Gasteiger partial charge >= 0.3 is 19.8 Å². The summed E-state index contributed by atoms with van der Waals surface area (Å²) < 4.78 is 34.8. The third kappa shape index (κ3) is 74.5. The molecular weight excluding hydrogens is 1130 g/mol. The number of ether oxygens (including phenoxy) is 2. The molecule has 0 heterocycles. The first-order valence-electron chi connectivity index (χ1n) is 38.7. The fourth-order valence-electron chi connectivity index (χ4n) is 11.3. The molecule has 0 spiro atoms. The van der Waals surface area contributed by atoms with Crippen LogP contribution in [0.15, 0.2) is 72.9 Å². The van der Waals surface area contributed by atoms with Crippen molar-refractivity contribution in [3.63, 3.8) is 0 Å². The zero-order valence-electron chi connectivity index (χ0n) is 60.1. The Hall–Kier alpha value is -2.55. The summed E-state index contributed by atoms with van der Waals surface area (Å²) in [6.07, 6.45) is 96.1. The van der Waals surface area contributed by atoms with E-state index in [1.165, 1.54) is 276 Å². The molecule has 0 saturated carbocycles. The summed E-state index contributed by atoms with van der Waals surface area (Å²) >= 11 is 0. The molecule has 90 heavy (non-hydrogen) atoms. The van der Waals surface area contributed by atoms with Crippen LogP contribution in [0.3, 0.4) is 0 Å². The Morgan fingerprint density at radius 3 is 0.956 bits per heavy atom. The number of quaternary nitrogens is 1. The van der Waals surface area contributed by atoms with Crippen LogP contribution < -0.4 is 0 Å². The van der Waals surface area contributed by atoms with Crippen LogP contribution in [0.4, 0.5) is 0 Å². The van der Waals surface area contributed by atoms with Gasteiger partial charge < -0.3 is 18.9 Å². The van der Waals surface area contributed by atoms with E-state index in [4.69, 9.17) is 18.5 Å². The number of carbonyl (C=O) groups excluding carboxylic acids is 2. The number of rotatable bonds is 72. The molecule has 0 radical (unpaired) electrons. The van der Waals surface area contributed by atoms with Crippen LogP contribution in [0, 0.1) is 0 Å². The van der Waals surface area contributed by atoms with Gasteiger partial charge in [-0.25, -0.2) is 4.57 Å². The van der Waals surface area contributed by atoms with E-state index in [-0.39, 0.29) is 25.6 Å². The van der Waals surface area contributed by atoms with Crippen molar-refractivity contribution in [2.24, 2.45) is 0 Å². The molecule has 9 nitrogen and oxygen atoms in total. The number of allylic oxidation sites excluding steroid dienone is 12. The van der Waals surface area contributed by atoms with Gasteiger partial charge in [0.25, 0.3) is 0 Å². The van der Waals surface area contributed by atoms with Crippen LogP contribution in [-0.2, 0) is 32.7 Å². The van der Waals surface area contributed by atoms with Crippen molar-refractivity contribution in [1.29, 1.82) is 0 Å². The quantitative estimate of drug-likeness (QED) is 0.0211. The zero-order chi connectivity index (χ0) is 65.5. The Labute approximate surface area is 559 Å². The van der Waals surface area contributed by atoms with Gasteiger partial charge in [0.2, 0.25) is 0 Å². The van der Waals surface area contributed by atoms with E-state index in [9.17, 15) is 19.0 Å². The summed E-state index contributed by atoms with van der Waals surface area (Å²) in [5.41, 5.74) is 0. The van der Waals surface area contributed by atoms with Crippen LogP contribution >= 0.6 is 7.82 Å². The van der Waals surface area contributed by atoms with E-state index < -0.39 is 26.5 Å². The molecule has 0 aromatic carbocycles. The van der Waals surface area contributed by atoms with Crippen molar-refractivity contribution in [3.05, 3.63) is 72.9 Å². The molecule has 0 aliphatic heterocycles. The maximum Gasteiger partial charge on any atom is 0.472 e. The lowest BCUT2D eigenvalue weighted by Crippen LogP contribution is -2.37. The number of likely N-dealkylation sites (N-methyl/N-ethyl adjacent to an activating group) is 1. The minimum absolute atomic E-state index is 0.0334. The molecular formula is C80H149NO8P+. The summed E-state index contributed by atoms with van der Waals surface area (Å²) in [5, 5.41) is 0. The summed E-state index contributed by atoms with van der Waals surface area (Å²) in [5.74, 6) is -0.777. The number of phosphoric ester groups is 1. The molecule has 2 atom stereocenters. The molecule has 0 rings (SSSR count). The second kappa shape index (κ2) is 70.8. The Kier molecular flexibility index (Phi) is 68.8. The second-order valence-electron chi connectivity index (χ2n) is 27.4. The van der Waals surface area contributed by atoms with Crippen LogP contribution in [0.5, 0.6) is 0 Å². The predicted molar refractivity (Wildman–Crippen MR) is 390 cm³/mol. The highest BCUT2D eigenvalue weighted by molar-refractivity contribution is 7.47. The van der Waals surface area contributed by atoms with E-state index in [0.717, 1.165) is 64.2 Å². The predicted octanol–water partition coefficient (Wildman–Crippen LogP) is 25.5. The summed E-state index contributed by atoms with van der Waals surface area (Å²) in [4.78, 5) is 35.9. The van der Waals surface area contributed by atoms with Gasteiger partial charge in [0.05, 0.1) is 27.7 Å². The number of hydrogen-bond donors (Lipinski definition) is 1. The van der Waals surface area contributed by atoms with Crippen LogP contribution in [0.25, 0.3) is 0 Å². The average Bonchev–Trinajstić information content (AvgIpc) is 3.58. The lowest BCUT2D eigenvalue weighted by atomic mass is 10.0. The van der Waals surface area contributed by atoms with Crippen molar-refractivity contribution in [1.82, 2.24) is 0 Å². The van der Waals surface area contributed by atoms with Gasteiger partial charge in [-0.2, -0.15) is 0 Å². The highest BCUT2D eigenvalue weighted by Crippen LogP contribution is 2.43. The number of carbonyl (C=O) groups is 2. The van der Waals surface area contributed by atoms with Crippen molar-refractivity contribution < 1.29 is 42.1 Å². The molecule has 0 bridgehead atoms. The topological polar surface area (TPSA) is 108 Å². The smallest absolute Gasteiger partial charge is 0.462 e. The Morgan fingerprint density at radius 2 is 0.633 bits per heavy atom. The third-order valence-electron chi connectivity index (χ3n) is 17.2. The van der Waals surface area contributed by atoms with Crippen LogP contribution in [0.1, 0.15) is 373 Å². The third-order valence-corrected chi connectivity index (χ3v) is 18.2. The molecule has 1 N–H and O–H groups in total. The zero-order valence-corrected chi connectivity index (χ0v) is 61.0. The largest absolute Gasteiger partial charge is 0.472 e. The first-order chi connectivity index (χ1) is 44.0. The first-order valence-corrected chi connectivity index (χ1v) is 40.2. The highest BCUT2D eigenvalue weighted by Gasteiger charge is 2.27. The summed E-state index contributed by atoms with van der Waals surface area (Å²) in [6, 6.07) is 0. The molecule has 2 unspecified atom stereocenters. The molecule has 10 heteroatoms. The Balaban J connectivity index is 3.93.